The minimum absolute atomic E-state index is 0.0677. The summed E-state index contributed by atoms with van der Waals surface area (Å²) in [7, 11) is -6.58. The molecule has 0 aromatic heterocycles. The minimum Gasteiger partial charge on any atom is -0.315 e. The predicted molar refractivity (Wildman–Crippen MR) is 61.0 cm³/mol. The van der Waals surface area contributed by atoms with Gasteiger partial charge < -0.3 is 5.32 Å². The van der Waals surface area contributed by atoms with Gasteiger partial charge in [-0.1, -0.05) is 0 Å². The largest absolute Gasteiger partial charge is 0.315 e. The summed E-state index contributed by atoms with van der Waals surface area (Å²) in [6.07, 6.45) is 1.62. The van der Waals surface area contributed by atoms with Crippen molar-refractivity contribution < 1.29 is 16.8 Å². The van der Waals surface area contributed by atoms with Crippen LogP contribution in [0.4, 0.5) is 0 Å². The highest BCUT2D eigenvalue weighted by Gasteiger charge is 2.27. The van der Waals surface area contributed by atoms with Gasteiger partial charge in [0.05, 0.1) is 11.5 Å². The maximum absolute atomic E-state index is 11.6. The Hall–Kier alpha value is -0.220. The van der Waals surface area contributed by atoms with Gasteiger partial charge in [-0.15, -0.1) is 0 Å². The van der Waals surface area contributed by atoms with Crippen molar-refractivity contribution in [2.24, 2.45) is 0 Å². The zero-order valence-electron chi connectivity index (χ0n) is 9.06. The van der Waals surface area contributed by atoms with Crippen LogP contribution in [-0.2, 0) is 20.0 Å². The molecular formula is C7H17N3O4S2. The molecule has 0 amide bonds. The molecule has 7 nitrogen and oxygen atoms in total. The maximum atomic E-state index is 11.6. The molecule has 1 aliphatic heterocycles. The molecule has 16 heavy (non-hydrogen) atoms. The molecule has 3 N–H and O–H groups in total. The van der Waals surface area contributed by atoms with Crippen LogP contribution in [0.3, 0.4) is 0 Å². The first-order valence-corrected chi connectivity index (χ1v) is 8.39. The highest BCUT2D eigenvalue weighted by atomic mass is 32.2. The van der Waals surface area contributed by atoms with Crippen LogP contribution in [0.1, 0.15) is 6.42 Å². The van der Waals surface area contributed by atoms with E-state index in [0.29, 0.717) is 19.5 Å². The van der Waals surface area contributed by atoms with Gasteiger partial charge in [0, 0.05) is 19.6 Å². The predicted octanol–water partition coefficient (Wildman–Crippen LogP) is -2.18. The van der Waals surface area contributed by atoms with Gasteiger partial charge in [-0.3, -0.25) is 0 Å². The number of hydrogen-bond acceptors (Lipinski definition) is 5. The highest BCUT2D eigenvalue weighted by molar-refractivity contribution is 7.90. The fourth-order valence-electron chi connectivity index (χ4n) is 1.44. The third-order valence-corrected chi connectivity index (χ3v) is 4.86. The second-order valence-corrected chi connectivity index (χ2v) is 7.60. The Morgan fingerprint density at radius 2 is 1.81 bits per heavy atom. The quantitative estimate of drug-likeness (QED) is 0.476. The van der Waals surface area contributed by atoms with E-state index in [1.165, 1.54) is 0 Å². The van der Waals surface area contributed by atoms with Crippen molar-refractivity contribution in [2.75, 3.05) is 32.4 Å². The summed E-state index contributed by atoms with van der Waals surface area (Å²) in [6.45, 7) is 1.30. The fraction of sp³-hybridized carbons (Fsp3) is 1.00. The van der Waals surface area contributed by atoms with Gasteiger partial charge in [-0.05, 0) is 13.0 Å². The summed E-state index contributed by atoms with van der Waals surface area (Å²) in [4.78, 5) is 0. The van der Waals surface area contributed by atoms with Gasteiger partial charge in [-0.2, -0.15) is 0 Å². The lowest BCUT2D eigenvalue weighted by molar-refractivity contribution is 0.563. The van der Waals surface area contributed by atoms with E-state index in [1.54, 1.807) is 0 Å². The average Bonchev–Trinajstić information content (AvgIpc) is 2.64. The van der Waals surface area contributed by atoms with E-state index in [4.69, 9.17) is 0 Å². The Bertz CT molecular complexity index is 411. The van der Waals surface area contributed by atoms with Crippen molar-refractivity contribution in [3.8, 4) is 0 Å². The van der Waals surface area contributed by atoms with E-state index in [-0.39, 0.29) is 13.1 Å². The first-order valence-electron chi connectivity index (χ1n) is 4.95. The summed E-state index contributed by atoms with van der Waals surface area (Å²) < 4.78 is 49.3. The summed E-state index contributed by atoms with van der Waals surface area (Å²) in [5.41, 5.74) is 0. The molecule has 1 unspecified atom stereocenters. The number of nitrogens with one attached hydrogen (secondary N) is 3. The second kappa shape index (κ2) is 5.41. The third-order valence-electron chi connectivity index (χ3n) is 2.25. The van der Waals surface area contributed by atoms with Gasteiger partial charge in [0.2, 0.25) is 20.0 Å². The number of sulfonamides is 2. The van der Waals surface area contributed by atoms with Crippen molar-refractivity contribution in [3.63, 3.8) is 0 Å². The standard InChI is InChI=1S/C7H17N3O4S2/c1-15(11,12)9-4-5-10-16(13,14)7-2-3-8-6-7/h7-10H,2-6H2,1H3. The third kappa shape index (κ3) is 4.74. The average molecular weight is 271 g/mol. The smallest absolute Gasteiger partial charge is 0.215 e. The molecule has 0 aromatic rings. The summed E-state index contributed by atoms with van der Waals surface area (Å²) in [5.74, 6) is 0. The Kier molecular flexibility index (Phi) is 4.68. The number of rotatable bonds is 6. The molecule has 0 aromatic carbocycles. The van der Waals surface area contributed by atoms with Crippen molar-refractivity contribution in [1.82, 2.24) is 14.8 Å². The summed E-state index contributed by atoms with van der Waals surface area (Å²) in [5, 5.41) is 2.55. The van der Waals surface area contributed by atoms with Crippen molar-refractivity contribution in [1.29, 1.82) is 0 Å². The maximum Gasteiger partial charge on any atom is 0.215 e. The second-order valence-electron chi connectivity index (χ2n) is 3.72. The van der Waals surface area contributed by atoms with Gasteiger partial charge in [0.15, 0.2) is 0 Å². The molecule has 0 aliphatic carbocycles. The minimum atomic E-state index is -3.33. The highest BCUT2D eigenvalue weighted by Crippen LogP contribution is 2.07. The molecule has 9 heteroatoms. The lowest BCUT2D eigenvalue weighted by atomic mass is 10.4. The molecule has 0 spiro atoms. The van der Waals surface area contributed by atoms with Gasteiger partial charge >= 0.3 is 0 Å². The monoisotopic (exact) mass is 271 g/mol. The summed E-state index contributed by atoms with van der Waals surface area (Å²) >= 11 is 0. The van der Waals surface area contributed by atoms with E-state index < -0.39 is 25.3 Å². The SMILES string of the molecule is CS(=O)(=O)NCCNS(=O)(=O)C1CCNC1. The molecular weight excluding hydrogens is 254 g/mol. The van der Waals surface area contributed by atoms with E-state index in [1.807, 2.05) is 0 Å². The fourth-order valence-corrected chi connectivity index (χ4v) is 3.30. The van der Waals surface area contributed by atoms with Crippen LogP contribution < -0.4 is 14.8 Å². The molecule has 1 heterocycles. The van der Waals surface area contributed by atoms with Crippen LogP contribution in [-0.4, -0.2) is 54.5 Å². The van der Waals surface area contributed by atoms with Gasteiger partial charge in [-0.25, -0.2) is 26.3 Å². The van der Waals surface area contributed by atoms with E-state index >= 15 is 0 Å². The zero-order chi connectivity index (χ0) is 12.2. The molecule has 1 rings (SSSR count). The van der Waals surface area contributed by atoms with Crippen LogP contribution in [0.5, 0.6) is 0 Å². The van der Waals surface area contributed by atoms with Crippen LogP contribution in [0.15, 0.2) is 0 Å². The molecule has 0 bridgehead atoms. The Balaban J connectivity index is 2.31. The van der Waals surface area contributed by atoms with Gasteiger partial charge in [0.1, 0.15) is 0 Å². The molecule has 1 atom stereocenters. The van der Waals surface area contributed by atoms with E-state index in [2.05, 4.69) is 14.8 Å². The topological polar surface area (TPSA) is 104 Å². The molecule has 0 saturated carbocycles. The van der Waals surface area contributed by atoms with Gasteiger partial charge in [0.25, 0.3) is 0 Å². The van der Waals surface area contributed by atoms with Crippen molar-refractivity contribution in [3.05, 3.63) is 0 Å². The van der Waals surface area contributed by atoms with Crippen molar-refractivity contribution >= 4 is 20.0 Å². The molecule has 96 valence electrons. The number of hydrogen-bond donors (Lipinski definition) is 3. The lowest BCUT2D eigenvalue weighted by Gasteiger charge is -2.11. The van der Waals surface area contributed by atoms with Crippen LogP contribution in [0, 0.1) is 0 Å². The zero-order valence-corrected chi connectivity index (χ0v) is 10.7. The molecule has 1 fully saturated rings. The van der Waals surface area contributed by atoms with Crippen molar-refractivity contribution in [2.45, 2.75) is 11.7 Å². The molecule has 0 radical (unpaired) electrons. The lowest BCUT2D eigenvalue weighted by Crippen LogP contribution is -2.39. The summed E-state index contributed by atoms with van der Waals surface area (Å²) in [6, 6.07) is 0. The van der Waals surface area contributed by atoms with Crippen LogP contribution in [0.25, 0.3) is 0 Å². The molecule has 1 aliphatic rings. The first kappa shape index (κ1) is 13.8. The first-order chi connectivity index (χ1) is 7.31. The normalized spacial score (nSPS) is 22.4. The van der Waals surface area contributed by atoms with Crippen LogP contribution in [0.2, 0.25) is 0 Å². The van der Waals surface area contributed by atoms with Crippen LogP contribution >= 0.6 is 0 Å². The Morgan fingerprint density at radius 1 is 1.19 bits per heavy atom. The van der Waals surface area contributed by atoms with E-state index in [9.17, 15) is 16.8 Å². The Labute approximate surface area is 96.1 Å². The Morgan fingerprint density at radius 3 is 2.31 bits per heavy atom. The van der Waals surface area contributed by atoms with E-state index in [0.717, 1.165) is 6.26 Å². The molecule has 1 saturated heterocycles.